The zero-order valence-corrected chi connectivity index (χ0v) is 9.99. The molecule has 0 bridgehead atoms. The van der Waals surface area contributed by atoms with Gasteiger partial charge in [0.15, 0.2) is 5.75 Å². The van der Waals surface area contributed by atoms with Crippen molar-refractivity contribution in [1.29, 1.82) is 0 Å². The number of benzene rings is 1. The summed E-state index contributed by atoms with van der Waals surface area (Å²) in [5.41, 5.74) is -0.185. The zero-order chi connectivity index (χ0) is 14.6. The third kappa shape index (κ3) is 3.95. The fraction of sp³-hybridized carbons (Fsp3) is 0.273. The molecule has 0 aromatic heterocycles. The third-order valence-corrected chi connectivity index (χ3v) is 2.35. The number of carbonyl (C=O) groups is 2. The molecule has 3 N–H and O–H groups in total. The van der Waals surface area contributed by atoms with Crippen molar-refractivity contribution in [2.75, 3.05) is 0 Å². The standard InChI is InChI=1S/C11H12N2O6/c1-6(14)12-8(11(16)17)4-7-2-3-10(15)9(5-7)13(18)19/h2-3,5,8,15H,4H2,1H3,(H,12,14)(H,16,17)/t8-/m0/s1. The summed E-state index contributed by atoms with van der Waals surface area (Å²) in [5.74, 6) is -2.26. The van der Waals surface area contributed by atoms with Gasteiger partial charge in [0, 0.05) is 19.4 Å². The SMILES string of the molecule is CC(=O)N[C@@H](Cc1ccc(O)c([N+](=O)[O-])c1)C(=O)O. The largest absolute Gasteiger partial charge is 0.502 e. The molecule has 8 heteroatoms. The molecular formula is C11H12N2O6. The maximum absolute atomic E-state index is 10.9. The highest BCUT2D eigenvalue weighted by atomic mass is 16.6. The van der Waals surface area contributed by atoms with E-state index in [1.807, 2.05) is 0 Å². The molecular weight excluding hydrogens is 256 g/mol. The van der Waals surface area contributed by atoms with Crippen LogP contribution in [0, 0.1) is 10.1 Å². The fourth-order valence-corrected chi connectivity index (χ4v) is 1.52. The predicted octanol–water partition coefficient (Wildman–Crippen LogP) is 0.432. The van der Waals surface area contributed by atoms with Crippen molar-refractivity contribution in [2.24, 2.45) is 0 Å². The molecule has 0 spiro atoms. The minimum Gasteiger partial charge on any atom is -0.502 e. The highest BCUT2D eigenvalue weighted by Crippen LogP contribution is 2.26. The number of phenolic OH excluding ortho intramolecular Hbond substituents is 1. The average Bonchev–Trinajstić information content (AvgIpc) is 2.29. The monoisotopic (exact) mass is 268 g/mol. The van der Waals surface area contributed by atoms with Gasteiger partial charge in [-0.05, 0) is 11.6 Å². The maximum atomic E-state index is 10.9. The van der Waals surface area contributed by atoms with Crippen molar-refractivity contribution in [3.8, 4) is 5.75 Å². The number of aliphatic carboxylic acids is 1. The highest BCUT2D eigenvalue weighted by molar-refractivity contribution is 5.82. The van der Waals surface area contributed by atoms with Crippen LogP contribution in [-0.2, 0) is 16.0 Å². The van der Waals surface area contributed by atoms with Gasteiger partial charge in [-0.3, -0.25) is 14.9 Å². The minimum atomic E-state index is -1.24. The molecule has 0 aliphatic carbocycles. The lowest BCUT2D eigenvalue weighted by molar-refractivity contribution is -0.385. The molecule has 102 valence electrons. The number of nitrogens with one attached hydrogen (secondary N) is 1. The quantitative estimate of drug-likeness (QED) is 0.524. The Hall–Kier alpha value is -2.64. The summed E-state index contributed by atoms with van der Waals surface area (Å²) in [5, 5.41) is 31.0. The lowest BCUT2D eigenvalue weighted by atomic mass is 10.0. The number of hydrogen-bond acceptors (Lipinski definition) is 5. The first-order valence-corrected chi connectivity index (χ1v) is 5.27. The number of rotatable bonds is 5. The molecule has 1 rings (SSSR count). The molecule has 0 aliphatic rings. The van der Waals surface area contributed by atoms with Crippen LogP contribution < -0.4 is 5.32 Å². The van der Waals surface area contributed by atoms with E-state index < -0.39 is 34.3 Å². The summed E-state index contributed by atoms with van der Waals surface area (Å²) < 4.78 is 0. The Morgan fingerprint density at radius 2 is 2.11 bits per heavy atom. The van der Waals surface area contributed by atoms with E-state index in [-0.39, 0.29) is 6.42 Å². The van der Waals surface area contributed by atoms with Crippen molar-refractivity contribution < 1.29 is 24.7 Å². The summed E-state index contributed by atoms with van der Waals surface area (Å²) in [6, 6.07) is 2.37. The van der Waals surface area contributed by atoms with E-state index in [4.69, 9.17) is 5.11 Å². The van der Waals surface area contributed by atoms with Crippen LogP contribution in [0.4, 0.5) is 5.69 Å². The highest BCUT2D eigenvalue weighted by Gasteiger charge is 2.21. The molecule has 1 amide bonds. The molecule has 0 fully saturated rings. The van der Waals surface area contributed by atoms with Crippen LogP contribution in [0.3, 0.4) is 0 Å². The first-order chi connectivity index (χ1) is 8.81. The maximum Gasteiger partial charge on any atom is 0.326 e. The molecule has 0 aliphatic heterocycles. The number of hydrogen-bond donors (Lipinski definition) is 3. The first-order valence-electron chi connectivity index (χ1n) is 5.27. The van der Waals surface area contributed by atoms with Gasteiger partial charge in [0.2, 0.25) is 5.91 Å². The summed E-state index contributed by atoms with van der Waals surface area (Å²) in [6.07, 6.45) is -0.115. The van der Waals surface area contributed by atoms with E-state index in [0.717, 1.165) is 12.1 Å². The van der Waals surface area contributed by atoms with E-state index in [2.05, 4.69) is 5.32 Å². The van der Waals surface area contributed by atoms with Gasteiger partial charge in [0.05, 0.1) is 4.92 Å². The van der Waals surface area contributed by atoms with E-state index in [1.165, 1.54) is 13.0 Å². The molecule has 19 heavy (non-hydrogen) atoms. The zero-order valence-electron chi connectivity index (χ0n) is 9.99. The van der Waals surface area contributed by atoms with Crippen LogP contribution in [-0.4, -0.2) is 33.1 Å². The number of nitro groups is 1. The number of phenols is 1. The van der Waals surface area contributed by atoms with E-state index in [9.17, 15) is 24.8 Å². The van der Waals surface area contributed by atoms with Gasteiger partial charge in [-0.2, -0.15) is 0 Å². The average molecular weight is 268 g/mol. The van der Waals surface area contributed by atoms with Gasteiger partial charge in [0.25, 0.3) is 0 Å². The molecule has 0 saturated heterocycles. The normalized spacial score (nSPS) is 11.6. The lowest BCUT2D eigenvalue weighted by Crippen LogP contribution is -2.41. The number of nitrogens with zero attached hydrogens (tertiary/aromatic N) is 1. The van der Waals surface area contributed by atoms with Gasteiger partial charge in [-0.1, -0.05) is 6.07 Å². The van der Waals surface area contributed by atoms with E-state index >= 15 is 0 Å². The molecule has 0 radical (unpaired) electrons. The summed E-state index contributed by atoms with van der Waals surface area (Å²) >= 11 is 0. The predicted molar refractivity (Wildman–Crippen MR) is 63.7 cm³/mol. The summed E-state index contributed by atoms with van der Waals surface area (Å²) in [7, 11) is 0. The molecule has 1 atom stereocenters. The van der Waals surface area contributed by atoms with Crippen LogP contribution in [0.2, 0.25) is 0 Å². The minimum absolute atomic E-state index is 0.115. The van der Waals surface area contributed by atoms with Gasteiger partial charge in [-0.15, -0.1) is 0 Å². The Morgan fingerprint density at radius 1 is 1.47 bits per heavy atom. The smallest absolute Gasteiger partial charge is 0.326 e. The van der Waals surface area contributed by atoms with Crippen molar-refractivity contribution in [3.63, 3.8) is 0 Å². The molecule has 1 aromatic rings. The van der Waals surface area contributed by atoms with Crippen molar-refractivity contribution >= 4 is 17.6 Å². The second-order valence-corrected chi connectivity index (χ2v) is 3.88. The summed E-state index contributed by atoms with van der Waals surface area (Å²) in [4.78, 5) is 31.6. The van der Waals surface area contributed by atoms with E-state index in [0.29, 0.717) is 5.56 Å². The summed E-state index contributed by atoms with van der Waals surface area (Å²) in [6.45, 7) is 1.18. The van der Waals surface area contributed by atoms with Gasteiger partial charge in [-0.25, -0.2) is 4.79 Å². The number of carbonyl (C=O) groups excluding carboxylic acids is 1. The number of carboxylic acid groups (broad SMARTS) is 1. The molecule has 0 unspecified atom stereocenters. The first kappa shape index (κ1) is 14.4. The second kappa shape index (κ2) is 5.80. The van der Waals surface area contributed by atoms with E-state index in [1.54, 1.807) is 0 Å². The number of carboxylic acids is 1. The van der Waals surface area contributed by atoms with Crippen LogP contribution in [0.5, 0.6) is 5.75 Å². The Bertz CT molecular complexity index is 528. The van der Waals surface area contributed by atoms with Crippen LogP contribution >= 0.6 is 0 Å². The Balaban J connectivity index is 2.97. The molecule has 8 nitrogen and oxygen atoms in total. The van der Waals surface area contributed by atoms with Crippen molar-refractivity contribution in [2.45, 2.75) is 19.4 Å². The number of aromatic hydroxyl groups is 1. The van der Waals surface area contributed by atoms with Crippen molar-refractivity contribution in [1.82, 2.24) is 5.32 Å². The van der Waals surface area contributed by atoms with Crippen molar-refractivity contribution in [3.05, 3.63) is 33.9 Å². The molecule has 0 saturated carbocycles. The topological polar surface area (TPSA) is 130 Å². The van der Waals surface area contributed by atoms with Crippen LogP contribution in [0.15, 0.2) is 18.2 Å². The fourth-order valence-electron chi connectivity index (χ4n) is 1.52. The second-order valence-electron chi connectivity index (χ2n) is 3.88. The van der Waals surface area contributed by atoms with Crippen LogP contribution in [0.1, 0.15) is 12.5 Å². The lowest BCUT2D eigenvalue weighted by Gasteiger charge is -2.13. The van der Waals surface area contributed by atoms with Gasteiger partial charge < -0.3 is 15.5 Å². The molecule has 0 heterocycles. The Morgan fingerprint density at radius 3 is 2.58 bits per heavy atom. The Labute approximate surface area is 107 Å². The van der Waals surface area contributed by atoms with Gasteiger partial charge >= 0.3 is 11.7 Å². The third-order valence-electron chi connectivity index (χ3n) is 2.35. The number of amides is 1. The Kier molecular flexibility index (Phi) is 4.41. The van der Waals surface area contributed by atoms with Gasteiger partial charge in [0.1, 0.15) is 6.04 Å². The molecule has 1 aromatic carbocycles. The number of nitro benzene ring substituents is 1. The van der Waals surface area contributed by atoms with Crippen LogP contribution in [0.25, 0.3) is 0 Å².